The van der Waals surface area contributed by atoms with Gasteiger partial charge in [0.1, 0.15) is 11.6 Å². The summed E-state index contributed by atoms with van der Waals surface area (Å²) in [7, 11) is 1.34. The van der Waals surface area contributed by atoms with Crippen LogP contribution in [0.15, 0.2) is 12.1 Å². The highest BCUT2D eigenvalue weighted by Gasteiger charge is 2.52. The van der Waals surface area contributed by atoms with Crippen molar-refractivity contribution >= 4 is 5.97 Å². The molecule has 0 aliphatic heterocycles. The minimum atomic E-state index is -1.09. The number of methoxy groups -OCH3 is 1. The molecule has 0 radical (unpaired) electrons. The van der Waals surface area contributed by atoms with Crippen LogP contribution < -0.4 is 0 Å². The normalized spacial score (nSPS) is 16.9. The minimum Gasteiger partial charge on any atom is -0.481 e. The molecular weight excluding hydrogens is 230 g/mol. The summed E-state index contributed by atoms with van der Waals surface area (Å²) in [5.41, 5.74) is -1.06. The fraction of sp³-hybridized carbons (Fsp3) is 0.417. The predicted molar refractivity (Wildman–Crippen MR) is 55.6 cm³/mol. The van der Waals surface area contributed by atoms with Gasteiger partial charge in [-0.25, -0.2) is 8.78 Å². The third-order valence-electron chi connectivity index (χ3n) is 3.14. The monoisotopic (exact) mass is 242 g/mol. The maximum Gasteiger partial charge on any atom is 0.314 e. The summed E-state index contributed by atoms with van der Waals surface area (Å²) in [6.45, 7) is -0.169. The van der Waals surface area contributed by atoms with E-state index in [1.165, 1.54) is 7.11 Å². The van der Waals surface area contributed by atoms with Gasteiger partial charge in [-0.1, -0.05) is 0 Å². The summed E-state index contributed by atoms with van der Waals surface area (Å²) in [5, 5.41) is 9.04. The Balaban J connectivity index is 2.43. The zero-order valence-electron chi connectivity index (χ0n) is 9.30. The van der Waals surface area contributed by atoms with Crippen LogP contribution in [0.4, 0.5) is 8.78 Å². The van der Waals surface area contributed by atoms with Crippen LogP contribution in [0.3, 0.4) is 0 Å². The third-order valence-corrected chi connectivity index (χ3v) is 3.14. The summed E-state index contributed by atoms with van der Waals surface area (Å²) in [6, 6.07) is 2.19. The quantitative estimate of drug-likeness (QED) is 0.880. The van der Waals surface area contributed by atoms with Crippen molar-refractivity contribution in [2.45, 2.75) is 24.9 Å². The molecular formula is C12H12F2O3. The highest BCUT2D eigenvalue weighted by Crippen LogP contribution is 2.48. The Labute approximate surface area is 97.0 Å². The molecule has 0 bridgehead atoms. The predicted octanol–water partition coefficient (Wildman–Crippen LogP) is 2.23. The van der Waals surface area contributed by atoms with Crippen LogP contribution >= 0.6 is 0 Å². The SMILES string of the molecule is COCc1c(F)cc(C2(C(=O)O)CC2)cc1F. The van der Waals surface area contributed by atoms with E-state index in [2.05, 4.69) is 4.74 Å². The lowest BCUT2D eigenvalue weighted by atomic mass is 9.94. The van der Waals surface area contributed by atoms with Crippen molar-refractivity contribution in [2.75, 3.05) is 7.11 Å². The van der Waals surface area contributed by atoms with E-state index in [0.29, 0.717) is 12.8 Å². The number of hydrogen-bond acceptors (Lipinski definition) is 2. The Hall–Kier alpha value is -1.49. The van der Waals surface area contributed by atoms with Gasteiger partial charge in [0.05, 0.1) is 12.0 Å². The molecule has 1 fully saturated rings. The fourth-order valence-electron chi connectivity index (χ4n) is 1.91. The van der Waals surface area contributed by atoms with Crippen LogP contribution in [0.1, 0.15) is 24.0 Å². The van der Waals surface area contributed by atoms with E-state index in [1.807, 2.05) is 0 Å². The Morgan fingerprint density at radius 3 is 2.29 bits per heavy atom. The maximum absolute atomic E-state index is 13.6. The number of carboxylic acids is 1. The van der Waals surface area contributed by atoms with Gasteiger partial charge in [-0.05, 0) is 30.5 Å². The molecule has 3 nitrogen and oxygen atoms in total. The van der Waals surface area contributed by atoms with Crippen LogP contribution in [0.25, 0.3) is 0 Å². The first-order valence-corrected chi connectivity index (χ1v) is 5.22. The van der Waals surface area contributed by atoms with Gasteiger partial charge in [0, 0.05) is 12.7 Å². The molecule has 1 aliphatic carbocycles. The molecule has 0 spiro atoms. The molecule has 1 aliphatic rings. The number of ether oxygens (including phenoxy) is 1. The topological polar surface area (TPSA) is 46.5 Å². The van der Waals surface area contributed by atoms with Gasteiger partial charge in [-0.2, -0.15) is 0 Å². The molecule has 92 valence electrons. The van der Waals surface area contributed by atoms with Crippen molar-refractivity contribution in [3.8, 4) is 0 Å². The second-order valence-corrected chi connectivity index (χ2v) is 4.24. The first-order chi connectivity index (χ1) is 8.01. The van der Waals surface area contributed by atoms with Gasteiger partial charge in [-0.15, -0.1) is 0 Å². The van der Waals surface area contributed by atoms with Gasteiger partial charge in [0.2, 0.25) is 0 Å². The molecule has 0 aromatic heterocycles. The lowest BCUT2D eigenvalue weighted by Gasteiger charge is -2.12. The van der Waals surface area contributed by atoms with E-state index in [-0.39, 0.29) is 17.7 Å². The van der Waals surface area contributed by atoms with E-state index in [9.17, 15) is 13.6 Å². The molecule has 0 heterocycles. The third kappa shape index (κ3) is 1.91. The maximum atomic E-state index is 13.6. The summed E-state index contributed by atoms with van der Waals surface area (Å²) >= 11 is 0. The van der Waals surface area contributed by atoms with Crippen LogP contribution in [-0.2, 0) is 21.6 Å². The van der Waals surface area contributed by atoms with E-state index in [0.717, 1.165) is 12.1 Å². The number of aliphatic carboxylic acids is 1. The van der Waals surface area contributed by atoms with Gasteiger partial charge in [-0.3, -0.25) is 4.79 Å². The van der Waals surface area contributed by atoms with Gasteiger partial charge < -0.3 is 9.84 Å². The smallest absolute Gasteiger partial charge is 0.314 e. The minimum absolute atomic E-state index is 0.169. The van der Waals surface area contributed by atoms with Crippen molar-refractivity contribution in [1.29, 1.82) is 0 Å². The van der Waals surface area contributed by atoms with Crippen molar-refractivity contribution in [3.63, 3.8) is 0 Å². The molecule has 2 rings (SSSR count). The average Bonchev–Trinajstić information content (AvgIpc) is 3.04. The van der Waals surface area contributed by atoms with Crippen LogP contribution in [0, 0.1) is 11.6 Å². The number of rotatable bonds is 4. The Morgan fingerprint density at radius 2 is 1.94 bits per heavy atom. The lowest BCUT2D eigenvalue weighted by Crippen LogP contribution is -2.20. The molecule has 1 aromatic carbocycles. The first kappa shape index (κ1) is 12.0. The van der Waals surface area contributed by atoms with E-state index >= 15 is 0 Å². The van der Waals surface area contributed by atoms with E-state index < -0.39 is 23.0 Å². The number of hydrogen-bond donors (Lipinski definition) is 1. The molecule has 1 N–H and O–H groups in total. The summed E-state index contributed by atoms with van der Waals surface area (Å²) in [4.78, 5) is 11.0. The molecule has 0 atom stereocenters. The second kappa shape index (κ2) is 4.07. The summed E-state index contributed by atoms with van der Waals surface area (Å²) in [5.74, 6) is -2.54. The summed E-state index contributed by atoms with van der Waals surface area (Å²) in [6.07, 6.45) is 0.843. The number of halogens is 2. The molecule has 0 saturated heterocycles. The average molecular weight is 242 g/mol. The highest BCUT2D eigenvalue weighted by molar-refractivity contribution is 5.84. The second-order valence-electron chi connectivity index (χ2n) is 4.24. The van der Waals surface area contributed by atoms with Crippen LogP contribution in [0.5, 0.6) is 0 Å². The van der Waals surface area contributed by atoms with Crippen molar-refractivity contribution in [3.05, 3.63) is 34.9 Å². The molecule has 1 saturated carbocycles. The van der Waals surface area contributed by atoms with E-state index in [1.54, 1.807) is 0 Å². The van der Waals surface area contributed by atoms with Gasteiger partial charge >= 0.3 is 5.97 Å². The molecule has 1 aromatic rings. The van der Waals surface area contributed by atoms with Crippen molar-refractivity contribution in [1.82, 2.24) is 0 Å². The van der Waals surface area contributed by atoms with Crippen molar-refractivity contribution < 1.29 is 23.4 Å². The van der Waals surface area contributed by atoms with Gasteiger partial charge in [0.25, 0.3) is 0 Å². The molecule has 5 heteroatoms. The van der Waals surface area contributed by atoms with Gasteiger partial charge in [0.15, 0.2) is 0 Å². The Kier molecular flexibility index (Phi) is 2.87. The zero-order chi connectivity index (χ0) is 12.6. The first-order valence-electron chi connectivity index (χ1n) is 5.22. The van der Waals surface area contributed by atoms with Crippen LogP contribution in [-0.4, -0.2) is 18.2 Å². The standard InChI is InChI=1S/C12H12F2O3/c1-17-6-8-9(13)4-7(5-10(8)14)12(2-3-12)11(15)16/h4-5H,2-3,6H2,1H3,(H,15,16). The van der Waals surface area contributed by atoms with Crippen LogP contribution in [0.2, 0.25) is 0 Å². The van der Waals surface area contributed by atoms with E-state index in [4.69, 9.17) is 5.11 Å². The highest BCUT2D eigenvalue weighted by atomic mass is 19.1. The largest absolute Gasteiger partial charge is 0.481 e. The summed E-state index contributed by atoms with van der Waals surface area (Å²) < 4.78 is 31.9. The molecule has 0 amide bonds. The Morgan fingerprint density at radius 1 is 1.41 bits per heavy atom. The lowest BCUT2D eigenvalue weighted by molar-refractivity contribution is -0.140. The van der Waals surface area contributed by atoms with Crippen molar-refractivity contribution in [2.24, 2.45) is 0 Å². The Bertz CT molecular complexity index is 444. The molecule has 17 heavy (non-hydrogen) atoms. The number of carbonyl (C=O) groups is 1. The fourth-order valence-corrected chi connectivity index (χ4v) is 1.91. The number of carboxylic acid groups (broad SMARTS) is 1. The molecule has 0 unspecified atom stereocenters. The number of benzene rings is 1. The zero-order valence-corrected chi connectivity index (χ0v) is 9.30.